The van der Waals surface area contributed by atoms with Gasteiger partial charge < -0.3 is 25.0 Å². The van der Waals surface area contributed by atoms with E-state index >= 15 is 0 Å². The summed E-state index contributed by atoms with van der Waals surface area (Å²) < 4.78 is 10.6. The molecule has 6 heteroatoms. The lowest BCUT2D eigenvalue weighted by Gasteiger charge is -2.57. The minimum absolute atomic E-state index is 0.0677. The Morgan fingerprint density at radius 2 is 1.47 bits per heavy atom. The van der Waals surface area contributed by atoms with E-state index in [1.165, 1.54) is 25.3 Å². The summed E-state index contributed by atoms with van der Waals surface area (Å²) in [6.45, 7) is 0.263. The molecule has 6 nitrogen and oxygen atoms in total. The molecule has 32 heavy (non-hydrogen) atoms. The number of aromatic hydroxyl groups is 2. The van der Waals surface area contributed by atoms with Gasteiger partial charge in [0.25, 0.3) is 5.91 Å². The standard InChI is InChI=1S/C26H31NO5/c1-31-19-6-18(7-20(8-19)32-2)14-27-25(30)21-9-22(24(29)10-23(21)28)26-11-15-3-16(12-26)5-17(4-15)13-26/h6-10,15-17,28-29H,3-5,11-14H2,1-2H3,(H,27,30). The molecule has 0 aliphatic heterocycles. The van der Waals surface area contributed by atoms with Crippen molar-refractivity contribution in [3.05, 3.63) is 47.0 Å². The van der Waals surface area contributed by atoms with Crippen molar-refractivity contribution in [3.63, 3.8) is 0 Å². The van der Waals surface area contributed by atoms with Crippen LogP contribution < -0.4 is 14.8 Å². The molecule has 0 atom stereocenters. The molecule has 3 N–H and O–H groups in total. The largest absolute Gasteiger partial charge is 0.508 e. The van der Waals surface area contributed by atoms with Crippen LogP contribution in [-0.4, -0.2) is 30.3 Å². The van der Waals surface area contributed by atoms with Crippen molar-refractivity contribution in [2.75, 3.05) is 14.2 Å². The first-order valence-corrected chi connectivity index (χ1v) is 11.5. The van der Waals surface area contributed by atoms with Crippen LogP contribution in [0.15, 0.2) is 30.3 Å². The van der Waals surface area contributed by atoms with Crippen LogP contribution in [-0.2, 0) is 12.0 Å². The molecule has 1 amide bonds. The van der Waals surface area contributed by atoms with E-state index in [0.29, 0.717) is 11.5 Å². The summed E-state index contributed by atoms with van der Waals surface area (Å²) >= 11 is 0. The minimum Gasteiger partial charge on any atom is -0.508 e. The van der Waals surface area contributed by atoms with Crippen LogP contribution >= 0.6 is 0 Å². The fraction of sp³-hybridized carbons (Fsp3) is 0.500. The molecule has 0 aromatic heterocycles. The van der Waals surface area contributed by atoms with Crippen LogP contribution in [0.4, 0.5) is 0 Å². The van der Waals surface area contributed by atoms with E-state index in [-0.39, 0.29) is 34.9 Å². The molecular formula is C26H31NO5. The summed E-state index contributed by atoms with van der Waals surface area (Å²) in [6, 6.07) is 8.52. The first-order valence-electron chi connectivity index (χ1n) is 11.5. The highest BCUT2D eigenvalue weighted by Crippen LogP contribution is 2.62. The average Bonchev–Trinajstić information content (AvgIpc) is 2.76. The molecule has 6 rings (SSSR count). The van der Waals surface area contributed by atoms with Gasteiger partial charge in [-0.25, -0.2) is 0 Å². The predicted molar refractivity (Wildman–Crippen MR) is 120 cm³/mol. The van der Waals surface area contributed by atoms with Crippen molar-refractivity contribution >= 4 is 5.91 Å². The zero-order valence-electron chi connectivity index (χ0n) is 18.7. The van der Waals surface area contributed by atoms with E-state index in [1.807, 2.05) is 12.1 Å². The number of amides is 1. The quantitative estimate of drug-likeness (QED) is 0.619. The van der Waals surface area contributed by atoms with Crippen LogP contribution in [0.25, 0.3) is 0 Å². The monoisotopic (exact) mass is 437 g/mol. The summed E-state index contributed by atoms with van der Waals surface area (Å²) in [7, 11) is 3.16. The van der Waals surface area contributed by atoms with Crippen molar-refractivity contribution in [2.24, 2.45) is 17.8 Å². The Bertz CT molecular complexity index is 989. The lowest BCUT2D eigenvalue weighted by Crippen LogP contribution is -2.48. The molecule has 0 heterocycles. The van der Waals surface area contributed by atoms with E-state index in [9.17, 15) is 15.0 Å². The van der Waals surface area contributed by atoms with E-state index in [4.69, 9.17) is 9.47 Å². The third kappa shape index (κ3) is 3.65. The Kier molecular flexibility index (Phi) is 5.19. The predicted octanol–water partition coefficient (Wildman–Crippen LogP) is 4.51. The number of carbonyl (C=O) groups excluding carboxylic acids is 1. The molecule has 4 fully saturated rings. The number of methoxy groups -OCH3 is 2. The smallest absolute Gasteiger partial charge is 0.255 e. The summed E-state index contributed by atoms with van der Waals surface area (Å²) in [5, 5.41) is 24.1. The number of hydrogen-bond acceptors (Lipinski definition) is 5. The lowest BCUT2D eigenvalue weighted by atomic mass is 9.48. The summed E-state index contributed by atoms with van der Waals surface area (Å²) in [6.07, 6.45) is 7.12. The first-order chi connectivity index (χ1) is 15.4. The SMILES string of the molecule is COc1cc(CNC(=O)c2cc(C34CC5CC(CC(C5)C3)C4)c(O)cc2O)cc(OC)c1. The van der Waals surface area contributed by atoms with Gasteiger partial charge in [-0.15, -0.1) is 0 Å². The number of ether oxygens (including phenoxy) is 2. The Morgan fingerprint density at radius 3 is 2.00 bits per heavy atom. The van der Waals surface area contributed by atoms with Gasteiger partial charge in [0.15, 0.2) is 0 Å². The van der Waals surface area contributed by atoms with E-state index in [1.54, 1.807) is 26.4 Å². The summed E-state index contributed by atoms with van der Waals surface area (Å²) in [5.74, 6) is 2.99. The van der Waals surface area contributed by atoms with Gasteiger partial charge in [-0.05, 0) is 85.5 Å². The van der Waals surface area contributed by atoms with Crippen LogP contribution in [0, 0.1) is 17.8 Å². The number of phenols is 2. The molecule has 4 aliphatic rings. The number of rotatable bonds is 6. The zero-order chi connectivity index (χ0) is 22.5. The van der Waals surface area contributed by atoms with Gasteiger partial charge >= 0.3 is 0 Å². The molecule has 4 saturated carbocycles. The maximum absolute atomic E-state index is 13.0. The summed E-state index contributed by atoms with van der Waals surface area (Å²) in [5.41, 5.74) is 1.81. The Labute approximate surface area is 188 Å². The van der Waals surface area contributed by atoms with Crippen LogP contribution in [0.5, 0.6) is 23.0 Å². The van der Waals surface area contributed by atoms with E-state index in [2.05, 4.69) is 5.32 Å². The highest BCUT2D eigenvalue weighted by Gasteiger charge is 2.52. The molecule has 4 bridgehead atoms. The van der Waals surface area contributed by atoms with Crippen molar-refractivity contribution in [1.29, 1.82) is 0 Å². The molecule has 0 unspecified atom stereocenters. The molecule has 0 spiro atoms. The third-order valence-electron chi connectivity index (χ3n) is 7.83. The second-order valence-electron chi connectivity index (χ2n) is 9.99. The fourth-order valence-electron chi connectivity index (χ4n) is 6.87. The minimum atomic E-state index is -0.365. The average molecular weight is 438 g/mol. The van der Waals surface area contributed by atoms with Gasteiger partial charge in [0.1, 0.15) is 23.0 Å². The summed E-state index contributed by atoms with van der Waals surface area (Å²) in [4.78, 5) is 13.0. The van der Waals surface area contributed by atoms with Crippen LogP contribution in [0.3, 0.4) is 0 Å². The number of phenolic OH excluding ortho intramolecular Hbond substituents is 2. The number of nitrogens with one attached hydrogen (secondary N) is 1. The number of hydrogen-bond donors (Lipinski definition) is 3. The normalized spacial score (nSPS) is 27.9. The Morgan fingerprint density at radius 1 is 0.906 bits per heavy atom. The van der Waals surface area contributed by atoms with Crippen molar-refractivity contribution in [1.82, 2.24) is 5.32 Å². The van der Waals surface area contributed by atoms with Gasteiger partial charge in [-0.1, -0.05) is 0 Å². The van der Waals surface area contributed by atoms with E-state index < -0.39 is 0 Å². The van der Waals surface area contributed by atoms with E-state index in [0.717, 1.165) is 48.1 Å². The van der Waals surface area contributed by atoms with Gasteiger partial charge in [0.2, 0.25) is 0 Å². The number of carbonyl (C=O) groups is 1. The van der Waals surface area contributed by atoms with Gasteiger partial charge in [0, 0.05) is 24.2 Å². The molecule has 4 aliphatic carbocycles. The topological polar surface area (TPSA) is 88.0 Å². The van der Waals surface area contributed by atoms with Crippen molar-refractivity contribution in [3.8, 4) is 23.0 Å². The number of benzene rings is 2. The highest BCUT2D eigenvalue weighted by atomic mass is 16.5. The molecule has 0 radical (unpaired) electrons. The maximum Gasteiger partial charge on any atom is 0.255 e. The third-order valence-corrected chi connectivity index (χ3v) is 7.83. The van der Waals surface area contributed by atoms with Gasteiger partial charge in [-0.3, -0.25) is 4.79 Å². The molecule has 0 saturated heterocycles. The molecule has 170 valence electrons. The highest BCUT2D eigenvalue weighted by molar-refractivity contribution is 5.97. The van der Waals surface area contributed by atoms with Gasteiger partial charge in [-0.2, -0.15) is 0 Å². The molecule has 2 aromatic carbocycles. The second kappa shape index (κ2) is 7.91. The maximum atomic E-state index is 13.0. The van der Waals surface area contributed by atoms with Crippen LogP contribution in [0.2, 0.25) is 0 Å². The Balaban J connectivity index is 1.39. The van der Waals surface area contributed by atoms with Crippen molar-refractivity contribution < 1.29 is 24.5 Å². The fourth-order valence-corrected chi connectivity index (χ4v) is 6.87. The lowest BCUT2D eigenvalue weighted by molar-refractivity contribution is -0.00617. The van der Waals surface area contributed by atoms with Gasteiger partial charge in [0.05, 0.1) is 19.8 Å². The van der Waals surface area contributed by atoms with Crippen molar-refractivity contribution in [2.45, 2.75) is 50.5 Å². The molecule has 2 aromatic rings. The second-order valence-corrected chi connectivity index (χ2v) is 9.99. The Hall–Kier alpha value is -2.89. The zero-order valence-corrected chi connectivity index (χ0v) is 18.7. The first kappa shape index (κ1) is 21.0. The molecular weight excluding hydrogens is 406 g/mol. The van der Waals surface area contributed by atoms with Crippen LogP contribution in [0.1, 0.15) is 60.0 Å².